The Morgan fingerprint density at radius 1 is 1.40 bits per heavy atom. The molecule has 1 atom stereocenters. The first-order valence-corrected chi connectivity index (χ1v) is 7.78. The Hall–Kier alpha value is -1.01. The number of rotatable bonds is 4. The standard InChI is InChI=1S/C15H20N2O2S/c1-18-15(6-8-19-9-7-15)13(16)10-14-17-11-4-2-3-5-12(11)20-14/h2-5,13H,6-10,16H2,1H3. The number of ether oxygens (including phenoxy) is 2. The first kappa shape index (κ1) is 13.9. The fourth-order valence-electron chi connectivity index (χ4n) is 2.82. The molecule has 3 rings (SSSR count). The molecule has 1 saturated heterocycles. The van der Waals surface area contributed by atoms with E-state index in [4.69, 9.17) is 15.2 Å². The zero-order valence-corrected chi connectivity index (χ0v) is 12.5. The van der Waals surface area contributed by atoms with E-state index in [9.17, 15) is 0 Å². The second-order valence-electron chi connectivity index (χ2n) is 5.27. The Morgan fingerprint density at radius 3 is 2.85 bits per heavy atom. The fourth-order valence-corrected chi connectivity index (χ4v) is 3.85. The number of methoxy groups -OCH3 is 1. The van der Waals surface area contributed by atoms with Crippen LogP contribution in [0.1, 0.15) is 17.8 Å². The number of hydrogen-bond acceptors (Lipinski definition) is 5. The molecule has 1 aliphatic rings. The lowest BCUT2D eigenvalue weighted by Gasteiger charge is -2.40. The van der Waals surface area contributed by atoms with Crippen molar-refractivity contribution < 1.29 is 9.47 Å². The molecule has 1 fully saturated rings. The van der Waals surface area contributed by atoms with Crippen LogP contribution < -0.4 is 5.73 Å². The van der Waals surface area contributed by atoms with Gasteiger partial charge in [-0.3, -0.25) is 0 Å². The topological polar surface area (TPSA) is 57.4 Å². The number of fused-ring (bicyclic) bond motifs is 1. The van der Waals surface area contributed by atoms with Gasteiger partial charge in [-0.2, -0.15) is 0 Å². The Bertz CT molecular complexity index is 545. The molecule has 108 valence electrons. The van der Waals surface area contributed by atoms with Crippen LogP contribution >= 0.6 is 11.3 Å². The number of thiazole rings is 1. The van der Waals surface area contributed by atoms with Crippen molar-refractivity contribution in [2.24, 2.45) is 5.73 Å². The summed E-state index contributed by atoms with van der Waals surface area (Å²) >= 11 is 1.72. The SMILES string of the molecule is COC1(C(N)Cc2nc3ccccc3s2)CCOCC1. The Morgan fingerprint density at radius 2 is 2.15 bits per heavy atom. The van der Waals surface area contributed by atoms with Crippen molar-refractivity contribution >= 4 is 21.6 Å². The van der Waals surface area contributed by atoms with Crippen molar-refractivity contribution in [1.82, 2.24) is 4.98 Å². The molecule has 0 spiro atoms. The second-order valence-corrected chi connectivity index (χ2v) is 6.38. The number of aromatic nitrogens is 1. The Balaban J connectivity index is 1.78. The number of benzene rings is 1. The van der Waals surface area contributed by atoms with Crippen molar-refractivity contribution in [2.75, 3.05) is 20.3 Å². The van der Waals surface area contributed by atoms with Crippen molar-refractivity contribution in [3.63, 3.8) is 0 Å². The van der Waals surface area contributed by atoms with Gasteiger partial charge in [0.25, 0.3) is 0 Å². The minimum absolute atomic E-state index is 0.0445. The molecule has 2 aromatic rings. The molecule has 1 unspecified atom stereocenters. The van der Waals surface area contributed by atoms with Crippen LogP contribution in [0.5, 0.6) is 0 Å². The van der Waals surface area contributed by atoms with Crippen LogP contribution in [0.25, 0.3) is 10.2 Å². The highest BCUT2D eigenvalue weighted by atomic mass is 32.1. The maximum atomic E-state index is 6.43. The summed E-state index contributed by atoms with van der Waals surface area (Å²) in [4.78, 5) is 4.66. The Labute approximate surface area is 122 Å². The lowest BCUT2D eigenvalue weighted by molar-refractivity contribution is -0.103. The van der Waals surface area contributed by atoms with Gasteiger partial charge in [0.2, 0.25) is 0 Å². The molecular weight excluding hydrogens is 272 g/mol. The van der Waals surface area contributed by atoms with E-state index in [0.717, 1.165) is 43.0 Å². The minimum atomic E-state index is -0.268. The molecule has 1 aromatic carbocycles. The number of nitrogens with zero attached hydrogens (tertiary/aromatic N) is 1. The van der Waals surface area contributed by atoms with Gasteiger partial charge in [-0.05, 0) is 12.1 Å². The fraction of sp³-hybridized carbons (Fsp3) is 0.533. The average molecular weight is 292 g/mol. The van der Waals surface area contributed by atoms with Crippen LogP contribution in [0.15, 0.2) is 24.3 Å². The summed E-state index contributed by atoms with van der Waals surface area (Å²) in [6, 6.07) is 8.15. The summed E-state index contributed by atoms with van der Waals surface area (Å²) in [6.45, 7) is 1.45. The highest BCUT2D eigenvalue weighted by Gasteiger charge is 2.39. The van der Waals surface area contributed by atoms with Gasteiger partial charge in [0.1, 0.15) is 0 Å². The van der Waals surface area contributed by atoms with E-state index in [-0.39, 0.29) is 11.6 Å². The molecule has 2 heterocycles. The van der Waals surface area contributed by atoms with Gasteiger partial charge in [0.05, 0.1) is 20.8 Å². The van der Waals surface area contributed by atoms with Crippen LogP contribution in [-0.2, 0) is 15.9 Å². The molecule has 0 amide bonds. The third-order valence-corrected chi connectivity index (χ3v) is 5.21. The normalized spacial score (nSPS) is 20.1. The molecule has 5 heteroatoms. The van der Waals surface area contributed by atoms with Gasteiger partial charge in [-0.1, -0.05) is 12.1 Å². The smallest absolute Gasteiger partial charge is 0.0955 e. The highest BCUT2D eigenvalue weighted by molar-refractivity contribution is 7.18. The summed E-state index contributed by atoms with van der Waals surface area (Å²) in [7, 11) is 1.75. The number of hydrogen-bond donors (Lipinski definition) is 1. The first-order chi connectivity index (χ1) is 9.73. The van der Waals surface area contributed by atoms with Crippen LogP contribution in [0, 0.1) is 0 Å². The monoisotopic (exact) mass is 292 g/mol. The summed E-state index contributed by atoms with van der Waals surface area (Å²) in [5.74, 6) is 0. The molecule has 2 N–H and O–H groups in total. The van der Waals surface area contributed by atoms with Gasteiger partial charge in [0, 0.05) is 45.6 Å². The maximum absolute atomic E-state index is 6.43. The summed E-state index contributed by atoms with van der Waals surface area (Å²) in [5.41, 5.74) is 7.22. The van der Waals surface area contributed by atoms with Gasteiger partial charge in [0.15, 0.2) is 0 Å². The maximum Gasteiger partial charge on any atom is 0.0955 e. The molecule has 4 nitrogen and oxygen atoms in total. The van der Waals surface area contributed by atoms with Gasteiger partial charge < -0.3 is 15.2 Å². The van der Waals surface area contributed by atoms with Gasteiger partial charge in [-0.25, -0.2) is 4.98 Å². The average Bonchev–Trinajstić information content (AvgIpc) is 2.90. The number of nitrogens with two attached hydrogens (primary N) is 1. The minimum Gasteiger partial charge on any atom is -0.381 e. The molecule has 0 radical (unpaired) electrons. The molecule has 0 saturated carbocycles. The van der Waals surface area contributed by atoms with E-state index in [1.807, 2.05) is 18.2 Å². The van der Waals surface area contributed by atoms with Crippen LogP contribution in [-0.4, -0.2) is 37.0 Å². The van der Waals surface area contributed by atoms with Crippen LogP contribution in [0.2, 0.25) is 0 Å². The largest absolute Gasteiger partial charge is 0.381 e. The molecular formula is C15H20N2O2S. The predicted octanol–water partition coefficient (Wildman–Crippen LogP) is 2.36. The zero-order chi connectivity index (χ0) is 14.0. The third-order valence-electron chi connectivity index (χ3n) is 4.15. The summed E-state index contributed by atoms with van der Waals surface area (Å²) in [5, 5.41) is 1.08. The predicted molar refractivity (Wildman–Crippen MR) is 81.1 cm³/mol. The third kappa shape index (κ3) is 2.59. The zero-order valence-electron chi connectivity index (χ0n) is 11.7. The Kier molecular flexibility index (Phi) is 4.03. The van der Waals surface area contributed by atoms with E-state index in [2.05, 4.69) is 11.1 Å². The molecule has 0 aliphatic carbocycles. The lowest BCUT2D eigenvalue weighted by atomic mass is 9.85. The number of para-hydroxylation sites is 1. The highest BCUT2D eigenvalue weighted by Crippen LogP contribution is 2.30. The quantitative estimate of drug-likeness (QED) is 0.940. The molecule has 0 bridgehead atoms. The molecule has 1 aromatic heterocycles. The van der Waals surface area contributed by atoms with E-state index in [0.29, 0.717) is 0 Å². The van der Waals surface area contributed by atoms with Crippen molar-refractivity contribution in [3.05, 3.63) is 29.3 Å². The van der Waals surface area contributed by atoms with Crippen molar-refractivity contribution in [2.45, 2.75) is 30.9 Å². The molecule has 20 heavy (non-hydrogen) atoms. The summed E-state index contributed by atoms with van der Waals surface area (Å²) in [6.07, 6.45) is 2.47. The second kappa shape index (κ2) is 5.77. The molecule has 1 aliphatic heterocycles. The van der Waals surface area contributed by atoms with Crippen LogP contribution in [0.3, 0.4) is 0 Å². The van der Waals surface area contributed by atoms with Gasteiger partial charge in [-0.15, -0.1) is 11.3 Å². The van der Waals surface area contributed by atoms with Crippen molar-refractivity contribution in [1.29, 1.82) is 0 Å². The first-order valence-electron chi connectivity index (χ1n) is 6.96. The van der Waals surface area contributed by atoms with E-state index < -0.39 is 0 Å². The van der Waals surface area contributed by atoms with E-state index in [1.54, 1.807) is 18.4 Å². The van der Waals surface area contributed by atoms with Crippen molar-refractivity contribution in [3.8, 4) is 0 Å². The summed E-state index contributed by atoms with van der Waals surface area (Å²) < 4.78 is 12.4. The van der Waals surface area contributed by atoms with Crippen LogP contribution in [0.4, 0.5) is 0 Å². The lowest BCUT2D eigenvalue weighted by Crippen LogP contribution is -2.53. The van der Waals surface area contributed by atoms with Gasteiger partial charge >= 0.3 is 0 Å². The van der Waals surface area contributed by atoms with E-state index in [1.165, 1.54) is 4.70 Å². The van der Waals surface area contributed by atoms with E-state index >= 15 is 0 Å².